The molecule has 0 radical (unpaired) electrons. The number of carbonyl (C=O) groups is 1. The standard InChI is InChI=1S/C22H22N4OS/c1-16-17(2)28-22(26-10-5-6-11-26)20(16)21(27)24-13-18-7-3-4-8-19(18)14-25-12-9-23-15-25/h3-12,15H,13-14H2,1-2H3,(H,24,27). The number of benzene rings is 1. The van der Waals surface area contributed by atoms with Crippen molar-refractivity contribution >= 4 is 17.2 Å². The minimum absolute atomic E-state index is 0.0389. The van der Waals surface area contributed by atoms with Gasteiger partial charge in [-0.1, -0.05) is 24.3 Å². The van der Waals surface area contributed by atoms with Gasteiger partial charge in [0.05, 0.1) is 11.9 Å². The van der Waals surface area contributed by atoms with Gasteiger partial charge < -0.3 is 14.5 Å². The minimum atomic E-state index is -0.0389. The molecule has 0 aliphatic heterocycles. The van der Waals surface area contributed by atoms with E-state index in [1.165, 1.54) is 5.56 Å². The third kappa shape index (κ3) is 3.64. The minimum Gasteiger partial charge on any atom is -0.348 e. The van der Waals surface area contributed by atoms with Gasteiger partial charge in [-0.3, -0.25) is 4.79 Å². The van der Waals surface area contributed by atoms with E-state index >= 15 is 0 Å². The topological polar surface area (TPSA) is 51.9 Å². The lowest BCUT2D eigenvalue weighted by Gasteiger charge is -2.12. The molecule has 0 fully saturated rings. The van der Waals surface area contributed by atoms with Gasteiger partial charge in [0.1, 0.15) is 5.00 Å². The molecular formula is C22H22N4OS. The number of aromatic nitrogens is 3. The molecule has 0 bridgehead atoms. The summed E-state index contributed by atoms with van der Waals surface area (Å²) < 4.78 is 4.03. The van der Waals surface area contributed by atoms with E-state index in [0.717, 1.165) is 33.1 Å². The zero-order valence-corrected chi connectivity index (χ0v) is 16.7. The van der Waals surface area contributed by atoms with Crippen LogP contribution in [0.2, 0.25) is 0 Å². The number of nitrogens with zero attached hydrogens (tertiary/aromatic N) is 3. The average Bonchev–Trinajstić information content (AvgIpc) is 3.44. The number of hydrogen-bond acceptors (Lipinski definition) is 3. The molecule has 0 aliphatic carbocycles. The van der Waals surface area contributed by atoms with Crippen LogP contribution in [0.1, 0.15) is 31.9 Å². The summed E-state index contributed by atoms with van der Waals surface area (Å²) in [6, 6.07) is 12.1. The molecule has 0 saturated carbocycles. The van der Waals surface area contributed by atoms with Crippen LogP contribution in [0.15, 0.2) is 67.5 Å². The van der Waals surface area contributed by atoms with Gasteiger partial charge in [0, 0.05) is 42.8 Å². The summed E-state index contributed by atoms with van der Waals surface area (Å²) in [7, 11) is 0. The normalized spacial score (nSPS) is 10.9. The molecule has 28 heavy (non-hydrogen) atoms. The SMILES string of the molecule is Cc1sc(-n2cccc2)c(C(=O)NCc2ccccc2Cn2ccnc2)c1C. The number of rotatable bonds is 6. The molecule has 5 nitrogen and oxygen atoms in total. The molecule has 0 atom stereocenters. The first-order valence-corrected chi connectivity index (χ1v) is 9.99. The number of carbonyl (C=O) groups excluding carboxylic acids is 1. The Morgan fingerprint density at radius 3 is 2.54 bits per heavy atom. The van der Waals surface area contributed by atoms with Crippen molar-refractivity contribution in [3.8, 4) is 5.00 Å². The molecule has 0 aliphatic rings. The van der Waals surface area contributed by atoms with Crippen LogP contribution < -0.4 is 5.32 Å². The van der Waals surface area contributed by atoms with E-state index in [4.69, 9.17) is 0 Å². The predicted molar refractivity (Wildman–Crippen MR) is 112 cm³/mol. The second-order valence-electron chi connectivity index (χ2n) is 6.74. The van der Waals surface area contributed by atoms with Gasteiger partial charge in [-0.25, -0.2) is 4.98 Å². The van der Waals surface area contributed by atoms with Crippen molar-refractivity contribution in [1.82, 2.24) is 19.4 Å². The molecule has 1 aromatic carbocycles. The maximum absolute atomic E-state index is 13.1. The number of thiophene rings is 1. The number of nitrogens with one attached hydrogen (secondary N) is 1. The van der Waals surface area contributed by atoms with Gasteiger partial charge >= 0.3 is 0 Å². The Morgan fingerprint density at radius 1 is 1.07 bits per heavy atom. The van der Waals surface area contributed by atoms with E-state index in [-0.39, 0.29) is 5.91 Å². The lowest BCUT2D eigenvalue weighted by atomic mass is 10.1. The molecule has 142 valence electrons. The lowest BCUT2D eigenvalue weighted by molar-refractivity contribution is 0.0950. The lowest BCUT2D eigenvalue weighted by Crippen LogP contribution is -2.25. The van der Waals surface area contributed by atoms with E-state index in [2.05, 4.69) is 29.4 Å². The number of imidazole rings is 1. The quantitative estimate of drug-likeness (QED) is 0.533. The highest BCUT2D eigenvalue weighted by Crippen LogP contribution is 2.31. The molecule has 0 spiro atoms. The Balaban J connectivity index is 1.55. The van der Waals surface area contributed by atoms with Crippen molar-refractivity contribution in [3.05, 3.63) is 94.6 Å². The average molecular weight is 391 g/mol. The first kappa shape index (κ1) is 18.3. The van der Waals surface area contributed by atoms with Crippen molar-refractivity contribution < 1.29 is 4.79 Å². The third-order valence-corrected chi connectivity index (χ3v) is 6.12. The molecule has 1 N–H and O–H groups in total. The van der Waals surface area contributed by atoms with Crippen LogP contribution in [0.25, 0.3) is 5.00 Å². The van der Waals surface area contributed by atoms with Gasteiger partial charge in [-0.2, -0.15) is 0 Å². The van der Waals surface area contributed by atoms with Crippen molar-refractivity contribution in [2.75, 3.05) is 0 Å². The van der Waals surface area contributed by atoms with Gasteiger partial charge in [0.25, 0.3) is 5.91 Å². The molecule has 6 heteroatoms. The number of aryl methyl sites for hydroxylation is 1. The van der Waals surface area contributed by atoms with Gasteiger partial charge in [0.2, 0.25) is 0 Å². The van der Waals surface area contributed by atoms with E-state index in [9.17, 15) is 4.79 Å². The smallest absolute Gasteiger partial charge is 0.254 e. The summed E-state index contributed by atoms with van der Waals surface area (Å²) >= 11 is 1.65. The Morgan fingerprint density at radius 2 is 1.82 bits per heavy atom. The third-order valence-electron chi connectivity index (χ3n) is 4.90. The van der Waals surface area contributed by atoms with Crippen LogP contribution in [-0.4, -0.2) is 20.0 Å². The number of amides is 1. The second kappa shape index (κ2) is 7.86. The summed E-state index contributed by atoms with van der Waals surface area (Å²) in [6.45, 7) is 5.30. The van der Waals surface area contributed by atoms with E-state index < -0.39 is 0 Å². The molecule has 4 aromatic rings. The van der Waals surface area contributed by atoms with Crippen molar-refractivity contribution in [1.29, 1.82) is 0 Å². The largest absolute Gasteiger partial charge is 0.348 e. The molecule has 0 saturated heterocycles. The summed E-state index contributed by atoms with van der Waals surface area (Å²) in [5, 5.41) is 4.08. The van der Waals surface area contributed by atoms with E-state index in [1.807, 2.05) is 58.9 Å². The van der Waals surface area contributed by atoms with Crippen LogP contribution >= 0.6 is 11.3 Å². The first-order chi connectivity index (χ1) is 13.6. The molecule has 3 heterocycles. The van der Waals surface area contributed by atoms with Crippen LogP contribution in [0.5, 0.6) is 0 Å². The summed E-state index contributed by atoms with van der Waals surface area (Å²) in [4.78, 5) is 18.3. The monoisotopic (exact) mass is 390 g/mol. The maximum Gasteiger partial charge on any atom is 0.254 e. The Bertz CT molecular complexity index is 1080. The van der Waals surface area contributed by atoms with Crippen molar-refractivity contribution in [2.24, 2.45) is 0 Å². The highest BCUT2D eigenvalue weighted by molar-refractivity contribution is 7.15. The highest BCUT2D eigenvalue weighted by Gasteiger charge is 2.20. The van der Waals surface area contributed by atoms with Gasteiger partial charge in [-0.15, -0.1) is 11.3 Å². The Labute approximate surface area is 168 Å². The van der Waals surface area contributed by atoms with Crippen molar-refractivity contribution in [3.63, 3.8) is 0 Å². The summed E-state index contributed by atoms with van der Waals surface area (Å²) in [6.07, 6.45) is 9.46. The van der Waals surface area contributed by atoms with Gasteiger partial charge in [-0.05, 0) is 42.7 Å². The fourth-order valence-electron chi connectivity index (χ4n) is 3.25. The Hall–Kier alpha value is -3.12. The van der Waals surface area contributed by atoms with E-state index in [1.54, 1.807) is 23.9 Å². The second-order valence-corrected chi connectivity index (χ2v) is 7.94. The fourth-order valence-corrected chi connectivity index (χ4v) is 4.37. The zero-order valence-electron chi connectivity index (χ0n) is 15.9. The highest BCUT2D eigenvalue weighted by atomic mass is 32.1. The van der Waals surface area contributed by atoms with Crippen molar-refractivity contribution in [2.45, 2.75) is 26.9 Å². The van der Waals surface area contributed by atoms with Crippen LogP contribution in [-0.2, 0) is 13.1 Å². The van der Waals surface area contributed by atoms with Gasteiger partial charge in [0.15, 0.2) is 0 Å². The molecular weight excluding hydrogens is 368 g/mol. The summed E-state index contributed by atoms with van der Waals surface area (Å²) in [5.41, 5.74) is 4.07. The summed E-state index contributed by atoms with van der Waals surface area (Å²) in [5.74, 6) is -0.0389. The van der Waals surface area contributed by atoms with Crippen LogP contribution in [0.3, 0.4) is 0 Å². The Kier molecular flexibility index (Phi) is 5.12. The molecule has 1 amide bonds. The first-order valence-electron chi connectivity index (χ1n) is 9.17. The fraction of sp³-hybridized carbons (Fsp3) is 0.182. The predicted octanol–water partition coefficient (Wildman–Crippen LogP) is 4.33. The van der Waals surface area contributed by atoms with Crippen LogP contribution in [0.4, 0.5) is 0 Å². The maximum atomic E-state index is 13.1. The molecule has 3 aromatic heterocycles. The number of hydrogen-bond donors (Lipinski definition) is 1. The molecule has 0 unspecified atom stereocenters. The van der Waals surface area contributed by atoms with E-state index in [0.29, 0.717) is 6.54 Å². The zero-order chi connectivity index (χ0) is 19.5. The molecule has 4 rings (SSSR count). The van der Waals surface area contributed by atoms with Crippen LogP contribution in [0, 0.1) is 13.8 Å².